The molecule has 0 bridgehead atoms. The lowest BCUT2D eigenvalue weighted by Crippen LogP contribution is -2.43. The first kappa shape index (κ1) is 19.0. The average molecular weight is 390 g/mol. The van der Waals surface area contributed by atoms with Gasteiger partial charge in [-0.25, -0.2) is 13.2 Å². The first-order valence-electron chi connectivity index (χ1n) is 8.45. The van der Waals surface area contributed by atoms with E-state index in [1.165, 1.54) is 17.0 Å². The van der Waals surface area contributed by atoms with Crippen LogP contribution in [0.5, 0.6) is 11.5 Å². The number of urea groups is 1. The van der Waals surface area contributed by atoms with E-state index in [1.807, 2.05) is 24.3 Å². The van der Waals surface area contributed by atoms with Gasteiger partial charge in [0.25, 0.3) is 0 Å². The number of carbonyl (C=O) groups is 1. The number of ether oxygens (including phenoxy) is 2. The average Bonchev–Trinajstić information content (AvgIpc) is 2.62. The maximum Gasteiger partial charge on any atom is 0.321 e. The third-order valence-corrected chi connectivity index (χ3v) is 5.38. The van der Waals surface area contributed by atoms with Crippen LogP contribution in [0.4, 0.5) is 10.5 Å². The minimum absolute atomic E-state index is 0.159. The van der Waals surface area contributed by atoms with Crippen LogP contribution in [0.25, 0.3) is 0 Å². The fourth-order valence-electron chi connectivity index (χ4n) is 2.72. The lowest BCUT2D eigenvalue weighted by Gasteiger charge is -2.29. The van der Waals surface area contributed by atoms with Crippen molar-refractivity contribution >= 4 is 21.6 Å². The Balaban J connectivity index is 1.65. The molecule has 2 amide bonds. The summed E-state index contributed by atoms with van der Waals surface area (Å²) in [5.74, 6) is 1.34. The molecule has 1 heterocycles. The standard InChI is InChI=1S/C19H22N2O5S/c1-13-8-9-15(27(3,23)24)10-16(13)20-19(22)21(2)11-14-12-25-17-6-4-5-7-18(17)26-14/h4-10,14H,11-12H2,1-3H3,(H,20,22)/t14-/m0/s1. The maximum atomic E-state index is 12.5. The summed E-state index contributed by atoms with van der Waals surface area (Å²) in [6.07, 6.45) is 0.840. The Morgan fingerprint density at radius 3 is 2.63 bits per heavy atom. The molecular formula is C19H22N2O5S. The second kappa shape index (κ2) is 7.48. The zero-order valence-corrected chi connectivity index (χ0v) is 16.2. The minimum Gasteiger partial charge on any atom is -0.486 e. The Bertz CT molecular complexity index is 958. The lowest BCUT2D eigenvalue weighted by molar-refractivity contribution is 0.0731. The number of nitrogens with one attached hydrogen (secondary N) is 1. The van der Waals surface area contributed by atoms with E-state index in [0.717, 1.165) is 11.8 Å². The third kappa shape index (κ3) is 4.51. The van der Waals surface area contributed by atoms with Crippen LogP contribution >= 0.6 is 0 Å². The molecule has 0 aliphatic carbocycles. The van der Waals surface area contributed by atoms with Gasteiger partial charge in [0, 0.05) is 19.0 Å². The van der Waals surface area contributed by atoms with Gasteiger partial charge >= 0.3 is 6.03 Å². The second-order valence-electron chi connectivity index (χ2n) is 6.56. The van der Waals surface area contributed by atoms with Crippen LogP contribution in [0, 0.1) is 6.92 Å². The fraction of sp³-hybridized carbons (Fsp3) is 0.316. The molecule has 0 saturated carbocycles. The van der Waals surface area contributed by atoms with Gasteiger partial charge in [0.2, 0.25) is 0 Å². The molecule has 0 radical (unpaired) electrons. The van der Waals surface area contributed by atoms with Gasteiger partial charge in [-0.2, -0.15) is 0 Å². The number of amides is 2. The molecule has 0 saturated heterocycles. The van der Waals surface area contributed by atoms with Crippen LogP contribution in [-0.4, -0.2) is 51.9 Å². The molecule has 1 aliphatic rings. The number of anilines is 1. The quantitative estimate of drug-likeness (QED) is 0.868. The summed E-state index contributed by atoms with van der Waals surface area (Å²) in [6.45, 7) is 2.47. The number of fused-ring (bicyclic) bond motifs is 1. The van der Waals surface area contributed by atoms with Crippen LogP contribution < -0.4 is 14.8 Å². The van der Waals surface area contributed by atoms with Crippen molar-refractivity contribution in [3.05, 3.63) is 48.0 Å². The van der Waals surface area contributed by atoms with Crippen molar-refractivity contribution in [2.75, 3.05) is 31.8 Å². The lowest BCUT2D eigenvalue weighted by atomic mass is 10.2. The molecule has 0 spiro atoms. The number of sulfone groups is 1. The normalized spacial score (nSPS) is 15.9. The van der Waals surface area contributed by atoms with E-state index in [1.54, 1.807) is 20.0 Å². The van der Waals surface area contributed by atoms with Gasteiger partial charge in [0.15, 0.2) is 27.4 Å². The third-order valence-electron chi connectivity index (χ3n) is 4.27. The summed E-state index contributed by atoms with van der Waals surface area (Å²) in [7, 11) is -1.70. The summed E-state index contributed by atoms with van der Waals surface area (Å²) >= 11 is 0. The predicted molar refractivity (Wildman–Crippen MR) is 102 cm³/mol. The fourth-order valence-corrected chi connectivity index (χ4v) is 3.37. The molecule has 144 valence electrons. The number of hydrogen-bond donors (Lipinski definition) is 1. The van der Waals surface area contributed by atoms with E-state index in [2.05, 4.69) is 5.32 Å². The van der Waals surface area contributed by atoms with Crippen molar-refractivity contribution < 1.29 is 22.7 Å². The highest BCUT2D eigenvalue weighted by atomic mass is 32.2. The SMILES string of the molecule is Cc1ccc(S(C)(=O)=O)cc1NC(=O)N(C)C[C@H]1COc2ccccc2O1. The first-order chi connectivity index (χ1) is 12.7. The van der Waals surface area contributed by atoms with Crippen molar-refractivity contribution in [3.8, 4) is 11.5 Å². The van der Waals surface area contributed by atoms with Crippen molar-refractivity contribution in [3.63, 3.8) is 0 Å². The van der Waals surface area contributed by atoms with Crippen LogP contribution in [-0.2, 0) is 9.84 Å². The molecule has 0 aromatic heterocycles. The number of aryl methyl sites for hydroxylation is 1. The van der Waals surface area contributed by atoms with E-state index in [-0.39, 0.29) is 17.0 Å². The predicted octanol–water partition coefficient (Wildman–Crippen LogP) is 2.70. The molecule has 3 rings (SSSR count). The number of nitrogens with zero attached hydrogens (tertiary/aromatic N) is 1. The molecule has 2 aromatic carbocycles. The van der Waals surface area contributed by atoms with Crippen molar-refractivity contribution in [1.82, 2.24) is 4.90 Å². The molecule has 0 unspecified atom stereocenters. The Morgan fingerprint density at radius 2 is 1.93 bits per heavy atom. The second-order valence-corrected chi connectivity index (χ2v) is 8.57. The van der Waals surface area contributed by atoms with Crippen LogP contribution in [0.2, 0.25) is 0 Å². The smallest absolute Gasteiger partial charge is 0.321 e. The van der Waals surface area contributed by atoms with Crippen molar-refractivity contribution in [2.24, 2.45) is 0 Å². The summed E-state index contributed by atoms with van der Waals surface area (Å²) < 4.78 is 35.0. The number of likely N-dealkylation sites (N-methyl/N-ethyl adjacent to an activating group) is 1. The first-order valence-corrected chi connectivity index (χ1v) is 10.3. The number of hydrogen-bond acceptors (Lipinski definition) is 5. The van der Waals surface area contributed by atoms with E-state index in [9.17, 15) is 13.2 Å². The number of para-hydroxylation sites is 2. The van der Waals surface area contributed by atoms with Crippen LogP contribution in [0.1, 0.15) is 5.56 Å². The Hall–Kier alpha value is -2.74. The molecule has 8 heteroatoms. The molecule has 7 nitrogen and oxygen atoms in total. The molecule has 0 fully saturated rings. The zero-order valence-electron chi connectivity index (χ0n) is 15.4. The Morgan fingerprint density at radius 1 is 1.22 bits per heavy atom. The highest BCUT2D eigenvalue weighted by molar-refractivity contribution is 7.90. The van der Waals surface area contributed by atoms with E-state index >= 15 is 0 Å². The van der Waals surface area contributed by atoms with Gasteiger partial charge in [-0.05, 0) is 36.8 Å². The maximum absolute atomic E-state index is 12.5. The molecule has 1 aliphatic heterocycles. The molecule has 2 aromatic rings. The van der Waals surface area contributed by atoms with Crippen molar-refractivity contribution in [2.45, 2.75) is 17.9 Å². The van der Waals surface area contributed by atoms with Crippen LogP contribution in [0.3, 0.4) is 0 Å². The van der Waals surface area contributed by atoms with Gasteiger partial charge in [0.05, 0.1) is 11.4 Å². The largest absolute Gasteiger partial charge is 0.486 e. The molecule has 1 N–H and O–H groups in total. The van der Waals surface area contributed by atoms with E-state index in [0.29, 0.717) is 30.3 Å². The minimum atomic E-state index is -3.35. The number of benzene rings is 2. The summed E-state index contributed by atoms with van der Waals surface area (Å²) in [6, 6.07) is 11.7. The number of rotatable bonds is 4. The van der Waals surface area contributed by atoms with Crippen LogP contribution in [0.15, 0.2) is 47.4 Å². The summed E-state index contributed by atoms with van der Waals surface area (Å²) in [5, 5.41) is 2.76. The zero-order chi connectivity index (χ0) is 19.6. The number of carbonyl (C=O) groups excluding carboxylic acids is 1. The molecular weight excluding hydrogens is 368 g/mol. The molecule has 27 heavy (non-hydrogen) atoms. The van der Waals surface area contributed by atoms with Crippen molar-refractivity contribution in [1.29, 1.82) is 0 Å². The highest BCUT2D eigenvalue weighted by Gasteiger charge is 2.24. The molecule has 1 atom stereocenters. The summed E-state index contributed by atoms with van der Waals surface area (Å²) in [4.78, 5) is 14.2. The van der Waals surface area contributed by atoms with Gasteiger partial charge < -0.3 is 19.7 Å². The topological polar surface area (TPSA) is 84.9 Å². The Labute approximate surface area is 158 Å². The van der Waals surface area contributed by atoms with Gasteiger partial charge in [-0.15, -0.1) is 0 Å². The van der Waals surface area contributed by atoms with Gasteiger partial charge in [-0.1, -0.05) is 18.2 Å². The van der Waals surface area contributed by atoms with Gasteiger partial charge in [-0.3, -0.25) is 0 Å². The highest BCUT2D eigenvalue weighted by Crippen LogP contribution is 2.31. The monoisotopic (exact) mass is 390 g/mol. The Kier molecular flexibility index (Phi) is 5.27. The van der Waals surface area contributed by atoms with E-state index < -0.39 is 9.84 Å². The van der Waals surface area contributed by atoms with E-state index in [4.69, 9.17) is 9.47 Å². The van der Waals surface area contributed by atoms with Gasteiger partial charge in [0.1, 0.15) is 6.61 Å². The summed E-state index contributed by atoms with van der Waals surface area (Å²) in [5.41, 5.74) is 1.23.